The van der Waals surface area contributed by atoms with E-state index in [1.807, 2.05) is 12.4 Å². The summed E-state index contributed by atoms with van der Waals surface area (Å²) in [5.41, 5.74) is 1.59. The van der Waals surface area contributed by atoms with Crippen LogP contribution in [0.4, 0.5) is 0 Å². The summed E-state index contributed by atoms with van der Waals surface area (Å²) in [5, 5.41) is 3.62. The number of nitrogens with one attached hydrogen (secondary N) is 1. The minimum Gasteiger partial charge on any atom is -0.311 e. The molecule has 1 aliphatic rings. The fraction of sp³-hybridized carbons (Fsp3) is 0.643. The Morgan fingerprint density at radius 1 is 1.44 bits per heavy atom. The van der Waals surface area contributed by atoms with E-state index < -0.39 is 0 Å². The van der Waals surface area contributed by atoms with Gasteiger partial charge in [-0.2, -0.15) is 0 Å². The Labute approximate surface area is 118 Å². The molecule has 1 aromatic heterocycles. The van der Waals surface area contributed by atoms with Crippen molar-refractivity contribution in [2.75, 3.05) is 19.6 Å². The number of rotatable bonds is 2. The molecule has 1 atom stereocenters. The second-order valence-electron chi connectivity index (χ2n) is 6.12. The van der Waals surface area contributed by atoms with Crippen LogP contribution in [-0.2, 0) is 6.54 Å². The van der Waals surface area contributed by atoms with E-state index in [2.05, 4.69) is 58.0 Å². The van der Waals surface area contributed by atoms with Crippen molar-refractivity contribution in [1.82, 2.24) is 15.2 Å². The lowest BCUT2D eigenvalue weighted by atomic mass is 9.85. The molecule has 1 fully saturated rings. The van der Waals surface area contributed by atoms with Crippen molar-refractivity contribution in [3.63, 3.8) is 0 Å². The third kappa shape index (κ3) is 3.77. The molecule has 0 aromatic carbocycles. The predicted molar refractivity (Wildman–Crippen MR) is 78.5 cm³/mol. The summed E-state index contributed by atoms with van der Waals surface area (Å²) in [6.45, 7) is 11.2. The highest BCUT2D eigenvalue weighted by Gasteiger charge is 2.29. The van der Waals surface area contributed by atoms with Crippen LogP contribution in [0.5, 0.6) is 0 Å². The molecule has 0 spiro atoms. The maximum absolute atomic E-state index is 4.23. The Hall–Kier alpha value is -0.450. The Kier molecular flexibility index (Phi) is 4.41. The van der Waals surface area contributed by atoms with Crippen LogP contribution >= 0.6 is 15.9 Å². The molecule has 18 heavy (non-hydrogen) atoms. The van der Waals surface area contributed by atoms with Crippen molar-refractivity contribution in [2.45, 2.75) is 33.4 Å². The van der Waals surface area contributed by atoms with Crippen molar-refractivity contribution >= 4 is 15.9 Å². The van der Waals surface area contributed by atoms with E-state index in [1.165, 1.54) is 5.56 Å². The standard InChI is InChI=1S/C14H22BrN3/c1-14(2,3)13-10-18(5-4-17-13)9-11-6-12(15)8-16-7-11/h6-8,13,17H,4-5,9-10H2,1-3H3. The Morgan fingerprint density at radius 3 is 2.89 bits per heavy atom. The van der Waals surface area contributed by atoms with Gasteiger partial charge in [0.25, 0.3) is 0 Å². The lowest BCUT2D eigenvalue weighted by Gasteiger charge is -2.40. The van der Waals surface area contributed by atoms with Gasteiger partial charge in [0.05, 0.1) is 0 Å². The van der Waals surface area contributed by atoms with E-state index in [4.69, 9.17) is 0 Å². The number of piperazine rings is 1. The first-order chi connectivity index (χ1) is 8.45. The lowest BCUT2D eigenvalue weighted by Crippen LogP contribution is -2.55. The summed E-state index contributed by atoms with van der Waals surface area (Å²) >= 11 is 3.48. The van der Waals surface area contributed by atoms with Gasteiger partial charge in [-0.1, -0.05) is 20.8 Å². The van der Waals surface area contributed by atoms with E-state index in [9.17, 15) is 0 Å². The van der Waals surface area contributed by atoms with E-state index in [0.29, 0.717) is 11.5 Å². The van der Waals surface area contributed by atoms with Crippen LogP contribution in [-0.4, -0.2) is 35.6 Å². The van der Waals surface area contributed by atoms with Crippen LogP contribution < -0.4 is 5.32 Å². The molecule has 2 rings (SSSR count). The van der Waals surface area contributed by atoms with Gasteiger partial charge in [-0.3, -0.25) is 9.88 Å². The maximum atomic E-state index is 4.23. The van der Waals surface area contributed by atoms with Crippen LogP contribution in [0.3, 0.4) is 0 Å². The first kappa shape index (κ1) is 14.0. The highest BCUT2D eigenvalue weighted by Crippen LogP contribution is 2.22. The van der Waals surface area contributed by atoms with Crippen LogP contribution in [0.1, 0.15) is 26.3 Å². The van der Waals surface area contributed by atoms with Crippen LogP contribution in [0.15, 0.2) is 22.9 Å². The predicted octanol–water partition coefficient (Wildman–Crippen LogP) is 2.66. The fourth-order valence-electron chi connectivity index (χ4n) is 2.34. The second-order valence-corrected chi connectivity index (χ2v) is 7.03. The van der Waals surface area contributed by atoms with Gasteiger partial charge in [-0.15, -0.1) is 0 Å². The third-order valence-corrected chi connectivity index (χ3v) is 3.91. The van der Waals surface area contributed by atoms with Crippen molar-refractivity contribution < 1.29 is 0 Å². The van der Waals surface area contributed by atoms with Gasteiger partial charge in [-0.25, -0.2) is 0 Å². The van der Waals surface area contributed by atoms with Crippen molar-refractivity contribution in [2.24, 2.45) is 5.41 Å². The molecular weight excluding hydrogens is 290 g/mol. The highest BCUT2D eigenvalue weighted by molar-refractivity contribution is 9.10. The molecular formula is C14H22BrN3. The molecule has 1 N–H and O–H groups in total. The highest BCUT2D eigenvalue weighted by atomic mass is 79.9. The van der Waals surface area contributed by atoms with Crippen molar-refractivity contribution in [1.29, 1.82) is 0 Å². The largest absolute Gasteiger partial charge is 0.311 e. The maximum Gasteiger partial charge on any atom is 0.0410 e. The molecule has 1 unspecified atom stereocenters. The van der Waals surface area contributed by atoms with Gasteiger partial charge >= 0.3 is 0 Å². The summed E-state index contributed by atoms with van der Waals surface area (Å²) in [5.74, 6) is 0. The third-order valence-electron chi connectivity index (χ3n) is 3.47. The average Bonchev–Trinajstić information content (AvgIpc) is 2.28. The molecule has 0 saturated carbocycles. The smallest absolute Gasteiger partial charge is 0.0410 e. The van der Waals surface area contributed by atoms with E-state index >= 15 is 0 Å². The monoisotopic (exact) mass is 311 g/mol. The summed E-state index contributed by atoms with van der Waals surface area (Å²) < 4.78 is 1.06. The quantitative estimate of drug-likeness (QED) is 0.910. The number of nitrogens with zero attached hydrogens (tertiary/aromatic N) is 2. The Morgan fingerprint density at radius 2 is 2.22 bits per heavy atom. The van der Waals surface area contributed by atoms with Crippen LogP contribution in [0.25, 0.3) is 0 Å². The zero-order valence-corrected chi connectivity index (χ0v) is 13.0. The molecule has 0 bridgehead atoms. The molecule has 0 aliphatic carbocycles. The van der Waals surface area contributed by atoms with Gasteiger partial charge in [0.15, 0.2) is 0 Å². The first-order valence-corrected chi connectivity index (χ1v) is 7.29. The number of aromatic nitrogens is 1. The summed E-state index contributed by atoms with van der Waals surface area (Å²) in [7, 11) is 0. The van der Waals surface area contributed by atoms with Crippen molar-refractivity contribution in [3.8, 4) is 0 Å². The van der Waals surface area contributed by atoms with E-state index in [1.54, 1.807) is 0 Å². The number of pyridine rings is 1. The molecule has 3 nitrogen and oxygen atoms in total. The van der Waals surface area contributed by atoms with Crippen molar-refractivity contribution in [3.05, 3.63) is 28.5 Å². The van der Waals surface area contributed by atoms with Gasteiger partial charge in [-0.05, 0) is 33.0 Å². The summed E-state index contributed by atoms with van der Waals surface area (Å²) in [4.78, 5) is 6.74. The number of halogens is 1. The minimum absolute atomic E-state index is 0.314. The zero-order valence-electron chi connectivity index (χ0n) is 11.4. The SMILES string of the molecule is CC(C)(C)C1CN(Cc2cncc(Br)c2)CCN1. The molecule has 1 aromatic rings. The van der Waals surface area contributed by atoms with Crippen LogP contribution in [0.2, 0.25) is 0 Å². The minimum atomic E-state index is 0.314. The molecule has 1 aliphatic heterocycles. The molecule has 4 heteroatoms. The molecule has 2 heterocycles. The molecule has 0 radical (unpaired) electrons. The Balaban J connectivity index is 1.98. The lowest BCUT2D eigenvalue weighted by molar-refractivity contribution is 0.129. The molecule has 100 valence electrons. The van der Waals surface area contributed by atoms with Gasteiger partial charge in [0, 0.05) is 49.1 Å². The average molecular weight is 312 g/mol. The van der Waals surface area contributed by atoms with Gasteiger partial charge in [0.2, 0.25) is 0 Å². The number of hydrogen-bond donors (Lipinski definition) is 1. The van der Waals surface area contributed by atoms with Gasteiger partial charge in [0.1, 0.15) is 0 Å². The molecule has 0 amide bonds. The van der Waals surface area contributed by atoms with E-state index in [0.717, 1.165) is 30.7 Å². The summed E-state index contributed by atoms with van der Waals surface area (Å²) in [6.07, 6.45) is 3.79. The van der Waals surface area contributed by atoms with Gasteiger partial charge < -0.3 is 5.32 Å². The number of hydrogen-bond acceptors (Lipinski definition) is 3. The topological polar surface area (TPSA) is 28.2 Å². The first-order valence-electron chi connectivity index (χ1n) is 6.50. The fourth-order valence-corrected chi connectivity index (χ4v) is 2.75. The van der Waals surface area contributed by atoms with Crippen LogP contribution in [0, 0.1) is 5.41 Å². The second kappa shape index (κ2) is 5.68. The summed E-state index contributed by atoms with van der Waals surface area (Å²) in [6, 6.07) is 2.72. The van der Waals surface area contributed by atoms with E-state index in [-0.39, 0.29) is 0 Å². The zero-order chi connectivity index (χ0) is 13.2. The molecule has 1 saturated heterocycles. The Bertz CT molecular complexity index is 400. The normalized spacial score (nSPS) is 22.1.